The molecule has 0 aromatic rings. The molecule has 0 aromatic heterocycles. The molecule has 3 fully saturated rings. The number of aliphatic hydroxyl groups is 5. The van der Waals surface area contributed by atoms with Crippen molar-refractivity contribution in [2.24, 2.45) is 28.7 Å². The Morgan fingerprint density at radius 3 is 1.89 bits per heavy atom. The quantitative estimate of drug-likeness (QED) is 0.0584. The molecule has 15 atom stereocenters. The summed E-state index contributed by atoms with van der Waals surface area (Å²) in [4.78, 5) is 0. The summed E-state index contributed by atoms with van der Waals surface area (Å²) >= 11 is 0. The van der Waals surface area contributed by atoms with Gasteiger partial charge in [-0.2, -0.15) is 8.42 Å². The van der Waals surface area contributed by atoms with Crippen LogP contribution in [0.25, 0.3) is 0 Å². The fraction of sp³-hybridized carbons (Fsp3) is 1.00. The minimum atomic E-state index is -3.92. The third kappa shape index (κ3) is 9.46. The molecule has 0 amide bonds. The molecule has 2 saturated heterocycles. The molecule has 15 N–H and O–H groups in total. The first kappa shape index (κ1) is 37.8. The van der Waals surface area contributed by atoms with E-state index in [0.29, 0.717) is 6.42 Å². The summed E-state index contributed by atoms with van der Waals surface area (Å²) in [6, 6.07) is -4.24. The van der Waals surface area contributed by atoms with Gasteiger partial charge in [-0.05, 0) is 12.8 Å². The average molecular weight is 660 g/mol. The molecule has 0 spiro atoms. The number of hydrogen-bond donors (Lipinski definition) is 10. The van der Waals surface area contributed by atoms with Crippen molar-refractivity contribution in [2.75, 3.05) is 18.9 Å². The summed E-state index contributed by atoms with van der Waals surface area (Å²) in [5.41, 5.74) is 30.1. The summed E-state index contributed by atoms with van der Waals surface area (Å²) < 4.78 is 53.0. The Hall–Kier alpha value is -0.650. The van der Waals surface area contributed by atoms with Gasteiger partial charge in [0.1, 0.15) is 54.9 Å². The second-order valence-electron chi connectivity index (χ2n) is 12.0. The van der Waals surface area contributed by atoms with E-state index in [4.69, 9.17) is 51.8 Å². The molecule has 3 aliphatic rings. The lowest BCUT2D eigenvalue weighted by Gasteiger charge is -2.48. The highest BCUT2D eigenvalue weighted by molar-refractivity contribution is 7.86. The van der Waals surface area contributed by atoms with Gasteiger partial charge in [0.2, 0.25) is 0 Å². The molecular formula is C26H53N5O12S. The standard InChI is InChI=1S/C26H53N5O12S/c1-2-3-4-5-6-7-8-44(37,38)39-11-15-18(32)16(30)21(35)26(41-15)43-24-13(29)9-12(28)23(22(24)36)42-25-17(31)20(34)19(33)14(10-27)40-25/h12-26,32-36H,2-11,27-31H2,1H3/t12-,13+,14+,15+,16-,17+,18+,19+,20+,21+,22-,23+,24-,25+,26+/m0/s1. The summed E-state index contributed by atoms with van der Waals surface area (Å²) in [6.07, 6.45) is -9.61. The second-order valence-corrected chi connectivity index (χ2v) is 13.8. The van der Waals surface area contributed by atoms with Gasteiger partial charge in [-0.3, -0.25) is 4.18 Å². The first-order valence-corrected chi connectivity index (χ1v) is 16.9. The van der Waals surface area contributed by atoms with Gasteiger partial charge in [-0.1, -0.05) is 39.0 Å². The predicted molar refractivity (Wildman–Crippen MR) is 156 cm³/mol. The van der Waals surface area contributed by atoms with Crippen LogP contribution in [-0.2, 0) is 33.2 Å². The molecule has 0 bridgehead atoms. The van der Waals surface area contributed by atoms with Crippen molar-refractivity contribution in [3.05, 3.63) is 0 Å². The number of hydrogen-bond acceptors (Lipinski definition) is 17. The summed E-state index contributed by atoms with van der Waals surface area (Å²) in [5.74, 6) is -0.197. The zero-order valence-corrected chi connectivity index (χ0v) is 25.9. The van der Waals surface area contributed by atoms with Gasteiger partial charge < -0.3 is 73.1 Å². The molecule has 18 heteroatoms. The topological polar surface area (TPSA) is 312 Å². The molecule has 2 heterocycles. The van der Waals surface area contributed by atoms with Gasteiger partial charge in [0.15, 0.2) is 12.6 Å². The molecule has 3 rings (SSSR count). The van der Waals surface area contributed by atoms with E-state index in [1.54, 1.807) is 0 Å². The number of unbranched alkanes of at least 4 members (excludes halogenated alkanes) is 5. The van der Waals surface area contributed by atoms with Crippen LogP contribution in [0.15, 0.2) is 0 Å². The van der Waals surface area contributed by atoms with Crippen LogP contribution in [0.1, 0.15) is 51.9 Å². The molecule has 0 aromatic carbocycles. The van der Waals surface area contributed by atoms with Gasteiger partial charge in [-0.15, -0.1) is 0 Å². The summed E-state index contributed by atoms with van der Waals surface area (Å²) in [6.45, 7) is 1.37. The Kier molecular flexibility index (Phi) is 14.6. The fourth-order valence-corrected chi connectivity index (χ4v) is 6.74. The highest BCUT2D eigenvalue weighted by atomic mass is 32.2. The maximum Gasteiger partial charge on any atom is 0.267 e. The third-order valence-electron chi connectivity index (χ3n) is 8.54. The molecule has 44 heavy (non-hydrogen) atoms. The van der Waals surface area contributed by atoms with Crippen molar-refractivity contribution in [2.45, 2.75) is 144 Å². The summed E-state index contributed by atoms with van der Waals surface area (Å²) in [7, 11) is -3.92. The van der Waals surface area contributed by atoms with Crippen LogP contribution in [0.5, 0.6) is 0 Å². The average Bonchev–Trinajstić information content (AvgIpc) is 2.98. The molecule has 260 valence electrons. The Labute approximate surface area is 258 Å². The SMILES string of the molecule is CCCCCCCCS(=O)(=O)OC[C@H]1O[C@H](O[C@@H]2[C@@H](O)[C@H](O[C@H]3O[C@H](CN)[C@@H](O)[C@H](O)[C@H]3N)[C@@H](N)C[C@H]2N)[C@H](O)[C@@H](N)[C@@H]1O. The van der Waals surface area contributed by atoms with Gasteiger partial charge in [-0.25, -0.2) is 0 Å². The van der Waals surface area contributed by atoms with Crippen molar-refractivity contribution in [1.82, 2.24) is 0 Å². The van der Waals surface area contributed by atoms with Gasteiger partial charge in [0.25, 0.3) is 10.1 Å². The van der Waals surface area contributed by atoms with E-state index in [9.17, 15) is 34.0 Å². The second kappa shape index (κ2) is 17.0. The van der Waals surface area contributed by atoms with Crippen molar-refractivity contribution >= 4 is 10.1 Å². The van der Waals surface area contributed by atoms with E-state index >= 15 is 0 Å². The van der Waals surface area contributed by atoms with Crippen molar-refractivity contribution in [1.29, 1.82) is 0 Å². The van der Waals surface area contributed by atoms with E-state index < -0.39 is 108 Å². The highest BCUT2D eigenvalue weighted by Crippen LogP contribution is 2.31. The van der Waals surface area contributed by atoms with Crippen LogP contribution in [-0.4, -0.2) is 145 Å². The maximum atomic E-state index is 12.4. The van der Waals surface area contributed by atoms with Crippen molar-refractivity contribution in [3.63, 3.8) is 0 Å². The minimum absolute atomic E-state index is 0.0700. The van der Waals surface area contributed by atoms with Gasteiger partial charge in [0.05, 0.1) is 24.4 Å². The number of nitrogens with two attached hydrogens (primary N) is 5. The van der Waals surface area contributed by atoms with Crippen molar-refractivity contribution in [3.8, 4) is 0 Å². The van der Waals surface area contributed by atoms with E-state index in [2.05, 4.69) is 6.92 Å². The highest BCUT2D eigenvalue weighted by Gasteiger charge is 2.51. The lowest BCUT2D eigenvalue weighted by Crippen LogP contribution is -2.69. The van der Waals surface area contributed by atoms with Crippen LogP contribution < -0.4 is 28.7 Å². The van der Waals surface area contributed by atoms with Crippen LogP contribution in [0.4, 0.5) is 0 Å². The van der Waals surface area contributed by atoms with Crippen LogP contribution in [0.2, 0.25) is 0 Å². The largest absolute Gasteiger partial charge is 0.389 e. The molecule has 0 radical (unpaired) electrons. The minimum Gasteiger partial charge on any atom is -0.389 e. The van der Waals surface area contributed by atoms with Gasteiger partial charge in [0, 0.05) is 18.6 Å². The van der Waals surface area contributed by atoms with Crippen LogP contribution >= 0.6 is 0 Å². The fourth-order valence-electron chi connectivity index (χ4n) is 5.72. The molecule has 2 aliphatic heterocycles. The number of aliphatic hydroxyl groups excluding tert-OH is 5. The Morgan fingerprint density at radius 2 is 1.27 bits per heavy atom. The van der Waals surface area contributed by atoms with Crippen LogP contribution in [0.3, 0.4) is 0 Å². The smallest absolute Gasteiger partial charge is 0.267 e. The zero-order valence-electron chi connectivity index (χ0n) is 25.1. The Morgan fingerprint density at radius 1 is 0.705 bits per heavy atom. The monoisotopic (exact) mass is 659 g/mol. The first-order valence-electron chi connectivity index (χ1n) is 15.3. The number of ether oxygens (including phenoxy) is 4. The van der Waals surface area contributed by atoms with Crippen molar-refractivity contribution < 1.29 is 57.1 Å². The van der Waals surface area contributed by atoms with E-state index in [0.717, 1.165) is 32.1 Å². The summed E-state index contributed by atoms with van der Waals surface area (Å²) in [5, 5.41) is 52.9. The normalized spacial score (nSPS) is 43.7. The number of rotatable bonds is 15. The van der Waals surface area contributed by atoms with Gasteiger partial charge >= 0.3 is 0 Å². The molecule has 0 unspecified atom stereocenters. The molecule has 1 aliphatic carbocycles. The van der Waals surface area contributed by atoms with E-state index in [1.165, 1.54) is 0 Å². The lowest BCUT2D eigenvalue weighted by atomic mass is 9.84. The molecule has 1 saturated carbocycles. The van der Waals surface area contributed by atoms with E-state index in [1.807, 2.05) is 0 Å². The predicted octanol–water partition coefficient (Wildman–Crippen LogP) is -4.61. The van der Waals surface area contributed by atoms with E-state index in [-0.39, 0.29) is 18.7 Å². The van der Waals surface area contributed by atoms with Crippen LogP contribution in [0, 0.1) is 0 Å². The Bertz CT molecular complexity index is 970. The lowest BCUT2D eigenvalue weighted by molar-refractivity contribution is -0.318. The zero-order chi connectivity index (χ0) is 32.8. The maximum absolute atomic E-state index is 12.4. The molecule has 17 nitrogen and oxygen atoms in total. The first-order chi connectivity index (χ1) is 20.7. The molecular weight excluding hydrogens is 606 g/mol. The third-order valence-corrected chi connectivity index (χ3v) is 9.83. The Balaban J connectivity index is 1.62.